The fourth-order valence-corrected chi connectivity index (χ4v) is 3.96. The van der Waals surface area contributed by atoms with Gasteiger partial charge in [-0.25, -0.2) is 9.97 Å². The number of H-pyrrole nitrogens is 1. The van der Waals surface area contributed by atoms with E-state index in [1.807, 2.05) is 12.1 Å². The summed E-state index contributed by atoms with van der Waals surface area (Å²) in [4.78, 5) is 26.6. The number of para-hydroxylation sites is 1. The molecule has 12 heteroatoms. The number of aromatic amines is 1. The van der Waals surface area contributed by atoms with Crippen LogP contribution < -0.4 is 16.0 Å². The van der Waals surface area contributed by atoms with E-state index in [1.165, 1.54) is 6.20 Å². The Morgan fingerprint density at radius 1 is 1.00 bits per heavy atom. The largest absolute Gasteiger partial charge is 0.432 e. The van der Waals surface area contributed by atoms with E-state index in [2.05, 4.69) is 35.9 Å². The summed E-state index contributed by atoms with van der Waals surface area (Å²) in [5.41, 5.74) is 2.43. The number of halogens is 4. The standard InChI is InChI=1S/C24H19ClF3N7O/c25-16-11-30-23(31-14-8-9-17-13(10-14)4-3-7-20(36)32-17)35-22(16)33-18-6-2-1-5-15(18)21-29-12-19(34-21)24(26,27)28/h1-2,5-6,8-12H,3-4,7H2,(H,29,34)(H,32,36)(H2,30,31,33,35). The minimum Gasteiger partial charge on any atom is -0.338 e. The van der Waals surface area contributed by atoms with E-state index in [0.29, 0.717) is 17.7 Å². The molecule has 4 aromatic rings. The number of carbonyl (C=O) groups is 1. The van der Waals surface area contributed by atoms with Crippen molar-refractivity contribution in [2.45, 2.75) is 25.4 Å². The van der Waals surface area contributed by atoms with Crippen molar-refractivity contribution in [1.82, 2.24) is 19.9 Å². The Morgan fingerprint density at radius 2 is 1.83 bits per heavy atom. The Kier molecular flexibility index (Phi) is 6.23. The monoisotopic (exact) mass is 513 g/mol. The maximum Gasteiger partial charge on any atom is 0.432 e. The summed E-state index contributed by atoms with van der Waals surface area (Å²) in [5, 5.41) is 9.30. The molecule has 184 valence electrons. The summed E-state index contributed by atoms with van der Waals surface area (Å²) < 4.78 is 39.1. The summed E-state index contributed by atoms with van der Waals surface area (Å²) in [7, 11) is 0. The summed E-state index contributed by atoms with van der Waals surface area (Å²) in [6.07, 6.45) is -0.377. The van der Waals surface area contributed by atoms with Gasteiger partial charge < -0.3 is 20.9 Å². The highest BCUT2D eigenvalue weighted by Gasteiger charge is 2.33. The number of anilines is 5. The summed E-state index contributed by atoms with van der Waals surface area (Å²) in [5.74, 6) is 0.558. The second kappa shape index (κ2) is 9.50. The van der Waals surface area contributed by atoms with Crippen LogP contribution in [0.1, 0.15) is 24.1 Å². The SMILES string of the molecule is O=C1CCCc2cc(Nc3ncc(Cl)c(Nc4ccccc4-c4ncc(C(F)(F)F)[nH]4)n3)ccc2N1. The number of amides is 1. The summed E-state index contributed by atoms with van der Waals surface area (Å²) >= 11 is 6.31. The van der Waals surface area contributed by atoms with Gasteiger partial charge in [-0.05, 0) is 48.7 Å². The van der Waals surface area contributed by atoms with E-state index in [4.69, 9.17) is 11.6 Å². The van der Waals surface area contributed by atoms with Crippen LogP contribution >= 0.6 is 11.6 Å². The van der Waals surface area contributed by atoms with Crippen LogP contribution in [0.15, 0.2) is 54.9 Å². The average molecular weight is 514 g/mol. The van der Waals surface area contributed by atoms with Gasteiger partial charge in [0.25, 0.3) is 0 Å². The molecule has 5 rings (SSSR count). The Bertz CT molecular complexity index is 1440. The highest BCUT2D eigenvalue weighted by molar-refractivity contribution is 6.33. The number of rotatable bonds is 5. The topological polar surface area (TPSA) is 108 Å². The maximum absolute atomic E-state index is 13.0. The van der Waals surface area contributed by atoms with Gasteiger partial charge in [0, 0.05) is 23.4 Å². The molecule has 0 bridgehead atoms. The number of aromatic nitrogens is 4. The smallest absolute Gasteiger partial charge is 0.338 e. The van der Waals surface area contributed by atoms with Crippen LogP contribution in [0.5, 0.6) is 0 Å². The number of nitrogens with zero attached hydrogens (tertiary/aromatic N) is 3. The molecule has 0 atom stereocenters. The summed E-state index contributed by atoms with van der Waals surface area (Å²) in [6.45, 7) is 0. The molecule has 2 aromatic carbocycles. The predicted octanol–water partition coefficient (Wildman–Crippen LogP) is 6.30. The minimum absolute atomic E-state index is 0.00401. The fraction of sp³-hybridized carbons (Fsp3) is 0.167. The van der Waals surface area contributed by atoms with Gasteiger partial charge in [-0.15, -0.1) is 0 Å². The molecular weight excluding hydrogens is 495 g/mol. The number of hydrogen-bond acceptors (Lipinski definition) is 6. The Morgan fingerprint density at radius 3 is 2.64 bits per heavy atom. The number of carbonyl (C=O) groups excluding carboxylic acids is 1. The van der Waals surface area contributed by atoms with Crippen molar-refractivity contribution in [1.29, 1.82) is 0 Å². The van der Waals surface area contributed by atoms with Crippen molar-refractivity contribution in [3.8, 4) is 11.4 Å². The van der Waals surface area contributed by atoms with Crippen molar-refractivity contribution in [2.75, 3.05) is 16.0 Å². The second-order valence-corrected chi connectivity index (χ2v) is 8.51. The van der Waals surface area contributed by atoms with Gasteiger partial charge >= 0.3 is 6.18 Å². The predicted molar refractivity (Wildman–Crippen MR) is 131 cm³/mol. The van der Waals surface area contributed by atoms with E-state index in [9.17, 15) is 18.0 Å². The molecule has 0 unspecified atom stereocenters. The number of hydrogen-bond donors (Lipinski definition) is 4. The lowest BCUT2D eigenvalue weighted by atomic mass is 10.1. The van der Waals surface area contributed by atoms with Crippen LogP contribution in [0, 0.1) is 0 Å². The third-order valence-electron chi connectivity index (χ3n) is 5.55. The Hall–Kier alpha value is -4.12. The lowest BCUT2D eigenvalue weighted by molar-refractivity contribution is -0.140. The highest BCUT2D eigenvalue weighted by Crippen LogP contribution is 2.34. The zero-order chi connectivity index (χ0) is 25.3. The number of alkyl halides is 3. The molecule has 4 N–H and O–H groups in total. The van der Waals surface area contributed by atoms with Crippen LogP contribution in [0.3, 0.4) is 0 Å². The van der Waals surface area contributed by atoms with Gasteiger partial charge in [0.2, 0.25) is 11.9 Å². The van der Waals surface area contributed by atoms with Crippen LogP contribution in [0.25, 0.3) is 11.4 Å². The molecule has 0 spiro atoms. The molecule has 0 fully saturated rings. The molecule has 1 aliphatic heterocycles. The third-order valence-corrected chi connectivity index (χ3v) is 5.82. The van der Waals surface area contributed by atoms with Gasteiger partial charge in [-0.2, -0.15) is 18.2 Å². The molecule has 1 aliphatic rings. The van der Waals surface area contributed by atoms with Crippen molar-refractivity contribution >= 4 is 46.3 Å². The number of imidazole rings is 1. The maximum atomic E-state index is 13.0. The summed E-state index contributed by atoms with van der Waals surface area (Å²) in [6, 6.07) is 12.3. The first-order chi connectivity index (χ1) is 17.3. The third kappa shape index (κ3) is 5.10. The van der Waals surface area contributed by atoms with Crippen molar-refractivity contribution < 1.29 is 18.0 Å². The van der Waals surface area contributed by atoms with E-state index >= 15 is 0 Å². The first-order valence-corrected chi connectivity index (χ1v) is 11.3. The molecule has 0 saturated carbocycles. The number of fused-ring (bicyclic) bond motifs is 1. The van der Waals surface area contributed by atoms with Gasteiger partial charge in [-0.1, -0.05) is 23.7 Å². The van der Waals surface area contributed by atoms with Crippen LogP contribution in [-0.2, 0) is 17.4 Å². The fourth-order valence-electron chi connectivity index (χ4n) is 3.82. The first-order valence-electron chi connectivity index (χ1n) is 11.0. The van der Waals surface area contributed by atoms with Crippen molar-refractivity contribution in [3.05, 3.63) is 71.1 Å². The highest BCUT2D eigenvalue weighted by atomic mass is 35.5. The molecule has 0 saturated heterocycles. The lowest BCUT2D eigenvalue weighted by Crippen LogP contribution is -2.09. The molecule has 1 amide bonds. The van der Waals surface area contributed by atoms with Gasteiger partial charge in [0.15, 0.2) is 5.82 Å². The van der Waals surface area contributed by atoms with E-state index in [-0.39, 0.29) is 28.5 Å². The Labute approximate surface area is 208 Å². The van der Waals surface area contributed by atoms with Crippen LogP contribution in [0.4, 0.5) is 42.0 Å². The average Bonchev–Trinajstić information content (AvgIpc) is 3.27. The molecule has 2 aromatic heterocycles. The van der Waals surface area contributed by atoms with E-state index in [0.717, 1.165) is 36.0 Å². The van der Waals surface area contributed by atoms with Crippen molar-refractivity contribution in [2.24, 2.45) is 0 Å². The number of benzene rings is 2. The molecule has 0 radical (unpaired) electrons. The van der Waals surface area contributed by atoms with Gasteiger partial charge in [0.1, 0.15) is 16.5 Å². The van der Waals surface area contributed by atoms with E-state index in [1.54, 1.807) is 30.3 Å². The van der Waals surface area contributed by atoms with Crippen molar-refractivity contribution in [3.63, 3.8) is 0 Å². The van der Waals surface area contributed by atoms with E-state index < -0.39 is 11.9 Å². The zero-order valence-electron chi connectivity index (χ0n) is 18.6. The van der Waals surface area contributed by atoms with Gasteiger partial charge in [-0.3, -0.25) is 4.79 Å². The first kappa shape index (κ1) is 23.6. The molecule has 3 heterocycles. The molecule has 0 aliphatic carbocycles. The molecule has 36 heavy (non-hydrogen) atoms. The molecular formula is C24H19ClF3N7O. The zero-order valence-corrected chi connectivity index (χ0v) is 19.3. The normalized spacial score (nSPS) is 13.5. The Balaban J connectivity index is 1.40. The minimum atomic E-state index is -4.54. The van der Waals surface area contributed by atoms with Crippen LogP contribution in [-0.4, -0.2) is 25.8 Å². The second-order valence-electron chi connectivity index (χ2n) is 8.10. The lowest BCUT2D eigenvalue weighted by Gasteiger charge is -2.13. The number of aryl methyl sites for hydroxylation is 1. The number of nitrogens with one attached hydrogen (secondary N) is 4. The van der Waals surface area contributed by atoms with Gasteiger partial charge in [0.05, 0.1) is 18.1 Å². The quantitative estimate of drug-likeness (QED) is 0.249. The molecule has 8 nitrogen and oxygen atoms in total. The van der Waals surface area contributed by atoms with Crippen LogP contribution in [0.2, 0.25) is 5.02 Å².